The predicted molar refractivity (Wildman–Crippen MR) is 64.0 cm³/mol. The smallest absolute Gasteiger partial charge is 0.236 e. The molecule has 1 aliphatic carbocycles. The highest BCUT2D eigenvalue weighted by molar-refractivity contribution is 5.78. The minimum atomic E-state index is 0.266. The number of amides is 1. The molecule has 0 unspecified atom stereocenters. The maximum absolute atomic E-state index is 11.9. The zero-order valence-electron chi connectivity index (χ0n) is 10.2. The maximum Gasteiger partial charge on any atom is 0.236 e. The van der Waals surface area contributed by atoms with E-state index < -0.39 is 0 Å². The van der Waals surface area contributed by atoms with Gasteiger partial charge in [0, 0.05) is 32.7 Å². The molecule has 0 aromatic carbocycles. The van der Waals surface area contributed by atoms with Crippen molar-refractivity contribution in [2.24, 2.45) is 11.7 Å². The van der Waals surface area contributed by atoms with Gasteiger partial charge < -0.3 is 10.6 Å². The van der Waals surface area contributed by atoms with Gasteiger partial charge in [0.25, 0.3) is 0 Å². The molecule has 4 nitrogen and oxygen atoms in total. The lowest BCUT2D eigenvalue weighted by Crippen LogP contribution is -2.45. The van der Waals surface area contributed by atoms with Crippen LogP contribution in [0.5, 0.6) is 0 Å². The van der Waals surface area contributed by atoms with Crippen LogP contribution >= 0.6 is 0 Å². The Morgan fingerprint density at radius 1 is 1.31 bits per heavy atom. The molecule has 4 heteroatoms. The number of rotatable bonds is 4. The SMILES string of the molecule is CN(CC1CC1)C(=O)CN1CCC(N)CC1. The van der Waals surface area contributed by atoms with E-state index in [2.05, 4.69) is 4.90 Å². The van der Waals surface area contributed by atoms with Gasteiger partial charge in [-0.2, -0.15) is 0 Å². The van der Waals surface area contributed by atoms with Gasteiger partial charge in [0.15, 0.2) is 0 Å². The van der Waals surface area contributed by atoms with Crippen LogP contribution in [0.4, 0.5) is 0 Å². The van der Waals surface area contributed by atoms with E-state index in [-0.39, 0.29) is 5.91 Å². The van der Waals surface area contributed by atoms with Gasteiger partial charge in [0.1, 0.15) is 0 Å². The molecular weight excluding hydrogens is 202 g/mol. The van der Waals surface area contributed by atoms with Crippen LogP contribution in [0.15, 0.2) is 0 Å². The molecule has 0 aromatic heterocycles. The first-order valence-electron chi connectivity index (χ1n) is 6.37. The van der Waals surface area contributed by atoms with Crippen LogP contribution in [0, 0.1) is 5.92 Å². The minimum absolute atomic E-state index is 0.266. The van der Waals surface area contributed by atoms with E-state index >= 15 is 0 Å². The third-order valence-corrected chi connectivity index (χ3v) is 3.65. The number of hydrogen-bond donors (Lipinski definition) is 1. The van der Waals surface area contributed by atoms with Crippen LogP contribution in [0.25, 0.3) is 0 Å². The summed E-state index contributed by atoms with van der Waals surface area (Å²) in [4.78, 5) is 16.0. The van der Waals surface area contributed by atoms with Crippen LogP contribution in [-0.4, -0.2) is 55.0 Å². The summed E-state index contributed by atoms with van der Waals surface area (Å²) in [5.74, 6) is 1.05. The molecule has 2 N–H and O–H groups in total. The Morgan fingerprint density at radius 2 is 1.94 bits per heavy atom. The highest BCUT2D eigenvalue weighted by Gasteiger charge is 2.26. The summed E-state index contributed by atoms with van der Waals surface area (Å²) in [6.45, 7) is 3.48. The zero-order valence-corrected chi connectivity index (χ0v) is 10.2. The fraction of sp³-hybridized carbons (Fsp3) is 0.917. The van der Waals surface area contributed by atoms with Crippen molar-refractivity contribution in [2.75, 3.05) is 33.2 Å². The number of likely N-dealkylation sites (N-methyl/N-ethyl adjacent to an activating group) is 1. The van der Waals surface area contributed by atoms with Crippen LogP contribution < -0.4 is 5.73 Å². The Labute approximate surface area is 97.8 Å². The maximum atomic E-state index is 11.9. The van der Waals surface area contributed by atoms with Gasteiger partial charge in [-0.15, -0.1) is 0 Å². The number of nitrogens with two attached hydrogens (primary N) is 1. The first kappa shape index (κ1) is 11.9. The monoisotopic (exact) mass is 225 g/mol. The van der Waals surface area contributed by atoms with E-state index in [4.69, 9.17) is 5.73 Å². The van der Waals surface area contributed by atoms with Gasteiger partial charge in [-0.1, -0.05) is 0 Å². The molecule has 1 saturated carbocycles. The van der Waals surface area contributed by atoms with Crippen LogP contribution in [0.2, 0.25) is 0 Å². The van der Waals surface area contributed by atoms with Crippen molar-refractivity contribution >= 4 is 5.91 Å². The molecule has 0 spiro atoms. The normalized spacial score (nSPS) is 23.4. The molecule has 0 radical (unpaired) electrons. The first-order chi connectivity index (χ1) is 7.65. The van der Waals surface area contributed by atoms with Gasteiger partial charge in [-0.05, 0) is 31.6 Å². The average Bonchev–Trinajstić information content (AvgIpc) is 3.05. The van der Waals surface area contributed by atoms with Gasteiger partial charge >= 0.3 is 0 Å². The van der Waals surface area contributed by atoms with E-state index in [1.165, 1.54) is 12.8 Å². The Kier molecular flexibility index (Phi) is 3.82. The van der Waals surface area contributed by atoms with E-state index in [0.29, 0.717) is 12.6 Å². The van der Waals surface area contributed by atoms with Gasteiger partial charge in [-0.3, -0.25) is 9.69 Å². The molecule has 0 atom stereocenters. The summed E-state index contributed by atoms with van der Waals surface area (Å²) in [6, 6.07) is 0.343. The summed E-state index contributed by atoms with van der Waals surface area (Å²) in [5.41, 5.74) is 5.84. The molecule has 1 heterocycles. The second kappa shape index (κ2) is 5.15. The minimum Gasteiger partial charge on any atom is -0.344 e. The number of likely N-dealkylation sites (tertiary alicyclic amines) is 1. The van der Waals surface area contributed by atoms with Gasteiger partial charge in [0.2, 0.25) is 5.91 Å². The topological polar surface area (TPSA) is 49.6 Å². The third-order valence-electron chi connectivity index (χ3n) is 3.65. The van der Waals surface area contributed by atoms with Crippen molar-refractivity contribution in [3.63, 3.8) is 0 Å². The lowest BCUT2D eigenvalue weighted by Gasteiger charge is -2.30. The lowest BCUT2D eigenvalue weighted by molar-refractivity contribution is -0.131. The predicted octanol–water partition coefficient (Wildman–Crippen LogP) is 0.278. The average molecular weight is 225 g/mol. The number of nitrogens with zero attached hydrogens (tertiary/aromatic N) is 2. The molecule has 1 amide bonds. The van der Waals surface area contributed by atoms with Crippen molar-refractivity contribution in [1.82, 2.24) is 9.80 Å². The second-order valence-corrected chi connectivity index (χ2v) is 5.33. The highest BCUT2D eigenvalue weighted by atomic mass is 16.2. The standard InChI is InChI=1S/C12H23N3O/c1-14(8-10-2-3-10)12(16)9-15-6-4-11(13)5-7-15/h10-11H,2-9,13H2,1H3. The number of piperidine rings is 1. The number of hydrogen-bond acceptors (Lipinski definition) is 3. The Morgan fingerprint density at radius 3 is 2.50 bits per heavy atom. The molecule has 2 rings (SSSR count). The molecule has 0 bridgehead atoms. The largest absolute Gasteiger partial charge is 0.344 e. The fourth-order valence-electron chi connectivity index (χ4n) is 2.21. The molecular formula is C12H23N3O. The molecule has 2 fully saturated rings. The summed E-state index contributed by atoms with van der Waals surface area (Å²) in [6.07, 6.45) is 4.66. The Balaban J connectivity index is 1.69. The number of carbonyl (C=O) groups excluding carboxylic acids is 1. The van der Waals surface area contributed by atoms with E-state index in [1.54, 1.807) is 0 Å². The van der Waals surface area contributed by atoms with Crippen molar-refractivity contribution in [2.45, 2.75) is 31.7 Å². The lowest BCUT2D eigenvalue weighted by atomic mass is 10.1. The van der Waals surface area contributed by atoms with Crippen molar-refractivity contribution in [3.05, 3.63) is 0 Å². The quantitative estimate of drug-likeness (QED) is 0.747. The summed E-state index contributed by atoms with van der Waals surface area (Å²) < 4.78 is 0. The molecule has 1 aliphatic heterocycles. The van der Waals surface area contributed by atoms with Crippen molar-refractivity contribution in [1.29, 1.82) is 0 Å². The molecule has 2 aliphatic rings. The number of carbonyl (C=O) groups is 1. The van der Waals surface area contributed by atoms with Crippen LogP contribution in [-0.2, 0) is 4.79 Å². The Hall–Kier alpha value is -0.610. The molecule has 16 heavy (non-hydrogen) atoms. The Bertz CT molecular complexity index is 245. The van der Waals surface area contributed by atoms with Gasteiger partial charge in [0.05, 0.1) is 6.54 Å². The zero-order chi connectivity index (χ0) is 11.5. The fourth-order valence-corrected chi connectivity index (χ4v) is 2.21. The van der Waals surface area contributed by atoms with Crippen LogP contribution in [0.3, 0.4) is 0 Å². The van der Waals surface area contributed by atoms with Crippen molar-refractivity contribution < 1.29 is 4.79 Å². The molecule has 1 saturated heterocycles. The summed E-state index contributed by atoms with van der Waals surface area (Å²) >= 11 is 0. The highest BCUT2D eigenvalue weighted by Crippen LogP contribution is 2.29. The van der Waals surface area contributed by atoms with E-state index in [9.17, 15) is 4.79 Å². The first-order valence-corrected chi connectivity index (χ1v) is 6.37. The molecule has 92 valence electrons. The summed E-state index contributed by atoms with van der Waals surface area (Å²) in [7, 11) is 1.93. The van der Waals surface area contributed by atoms with E-state index in [1.807, 2.05) is 11.9 Å². The van der Waals surface area contributed by atoms with E-state index in [0.717, 1.165) is 38.4 Å². The molecule has 0 aromatic rings. The van der Waals surface area contributed by atoms with Gasteiger partial charge in [-0.25, -0.2) is 0 Å². The third kappa shape index (κ3) is 3.46. The second-order valence-electron chi connectivity index (χ2n) is 5.33. The summed E-state index contributed by atoms with van der Waals surface area (Å²) in [5, 5.41) is 0. The van der Waals surface area contributed by atoms with Crippen molar-refractivity contribution in [3.8, 4) is 0 Å². The van der Waals surface area contributed by atoms with Crippen LogP contribution in [0.1, 0.15) is 25.7 Å².